The molecule has 25 heavy (non-hydrogen) atoms. The van der Waals surface area contributed by atoms with Crippen molar-refractivity contribution in [3.8, 4) is 5.69 Å². The maximum absolute atomic E-state index is 14.1. The van der Waals surface area contributed by atoms with Crippen molar-refractivity contribution in [2.45, 2.75) is 44.8 Å². The number of aromatic nitrogens is 2. The zero-order chi connectivity index (χ0) is 17.4. The topological polar surface area (TPSA) is 47.4 Å². The van der Waals surface area contributed by atoms with Crippen molar-refractivity contribution in [1.29, 1.82) is 0 Å². The van der Waals surface area contributed by atoms with Crippen molar-refractivity contribution in [2.24, 2.45) is 0 Å². The molecule has 2 heterocycles. The minimum absolute atomic E-state index is 0.0848. The fraction of sp³-hybridized carbons (Fsp3) is 0.474. The molecule has 5 nitrogen and oxygen atoms in total. The molecule has 0 spiro atoms. The van der Waals surface area contributed by atoms with E-state index in [0.29, 0.717) is 24.5 Å². The number of benzene rings is 1. The Morgan fingerprint density at radius 1 is 1.28 bits per heavy atom. The zero-order valence-corrected chi connectivity index (χ0v) is 14.3. The summed E-state index contributed by atoms with van der Waals surface area (Å²) in [7, 11) is 0. The molecule has 1 aromatic carbocycles. The molecule has 1 amide bonds. The molecule has 1 aliphatic heterocycles. The number of rotatable bonds is 2. The van der Waals surface area contributed by atoms with Gasteiger partial charge in [0.15, 0.2) is 5.69 Å². The largest absolute Gasteiger partial charge is 0.374 e. The number of para-hydroxylation sites is 1. The van der Waals surface area contributed by atoms with Gasteiger partial charge in [0, 0.05) is 12.2 Å². The standard InChI is InChI=1S/C19H22FN3O2/c1-13-12-15(21-23(13)16-7-3-2-6-14(16)20)19(24)22-10-11-25-18-9-5-4-8-17(18)22/h2-3,6-7,12,17-18H,4-5,8-11H2,1H3. The number of hydrogen-bond donors (Lipinski definition) is 0. The van der Waals surface area contributed by atoms with Gasteiger partial charge < -0.3 is 9.64 Å². The number of hydrogen-bond acceptors (Lipinski definition) is 3. The van der Waals surface area contributed by atoms with E-state index >= 15 is 0 Å². The summed E-state index contributed by atoms with van der Waals surface area (Å²) in [5.74, 6) is -0.440. The van der Waals surface area contributed by atoms with Crippen LogP contribution in [0.4, 0.5) is 4.39 Å². The monoisotopic (exact) mass is 343 g/mol. The summed E-state index contributed by atoms with van der Waals surface area (Å²) < 4.78 is 21.4. The Morgan fingerprint density at radius 3 is 2.92 bits per heavy atom. The summed E-state index contributed by atoms with van der Waals surface area (Å²) in [5, 5.41) is 4.40. The first-order chi connectivity index (χ1) is 12.1. The first kappa shape index (κ1) is 16.3. The van der Waals surface area contributed by atoms with Crippen LogP contribution < -0.4 is 0 Å². The van der Waals surface area contributed by atoms with Crippen LogP contribution in [-0.4, -0.2) is 45.9 Å². The minimum atomic E-state index is -0.355. The first-order valence-corrected chi connectivity index (χ1v) is 8.89. The van der Waals surface area contributed by atoms with E-state index in [2.05, 4.69) is 5.10 Å². The van der Waals surface area contributed by atoms with E-state index in [-0.39, 0.29) is 23.9 Å². The van der Waals surface area contributed by atoms with Gasteiger partial charge in [0.05, 0.1) is 18.8 Å². The Kier molecular flexibility index (Phi) is 4.29. The second-order valence-electron chi connectivity index (χ2n) is 6.79. The predicted octanol–water partition coefficient (Wildman–Crippen LogP) is 3.10. The summed E-state index contributed by atoms with van der Waals surface area (Å²) in [6.45, 7) is 2.99. The van der Waals surface area contributed by atoms with Gasteiger partial charge in [-0.2, -0.15) is 5.10 Å². The highest BCUT2D eigenvalue weighted by Crippen LogP contribution is 2.29. The highest BCUT2D eigenvalue weighted by atomic mass is 19.1. The molecule has 2 aromatic rings. The first-order valence-electron chi connectivity index (χ1n) is 8.89. The van der Waals surface area contributed by atoms with Gasteiger partial charge in [-0.15, -0.1) is 0 Å². The quantitative estimate of drug-likeness (QED) is 0.842. The van der Waals surface area contributed by atoms with Gasteiger partial charge in [0.25, 0.3) is 5.91 Å². The molecule has 0 bridgehead atoms. The van der Waals surface area contributed by atoms with E-state index in [1.54, 1.807) is 24.3 Å². The second-order valence-corrected chi connectivity index (χ2v) is 6.79. The third kappa shape index (κ3) is 2.95. The van der Waals surface area contributed by atoms with Crippen LogP contribution >= 0.6 is 0 Å². The second kappa shape index (κ2) is 6.59. The summed E-state index contributed by atoms with van der Waals surface area (Å²) in [5.41, 5.74) is 1.46. The molecular weight excluding hydrogens is 321 g/mol. The molecular formula is C19H22FN3O2. The smallest absolute Gasteiger partial charge is 0.274 e. The molecule has 1 saturated carbocycles. The predicted molar refractivity (Wildman–Crippen MR) is 91.3 cm³/mol. The third-order valence-corrected chi connectivity index (χ3v) is 5.18. The van der Waals surface area contributed by atoms with E-state index in [1.165, 1.54) is 10.7 Å². The van der Waals surface area contributed by atoms with E-state index in [9.17, 15) is 9.18 Å². The number of nitrogens with zero attached hydrogens (tertiary/aromatic N) is 3. The minimum Gasteiger partial charge on any atom is -0.374 e. The van der Waals surface area contributed by atoms with Gasteiger partial charge in [0.2, 0.25) is 0 Å². The average Bonchev–Trinajstić information content (AvgIpc) is 3.02. The lowest BCUT2D eigenvalue weighted by Crippen LogP contribution is -2.54. The molecule has 0 N–H and O–H groups in total. The number of fused-ring (bicyclic) bond motifs is 1. The zero-order valence-electron chi connectivity index (χ0n) is 14.3. The van der Waals surface area contributed by atoms with Crippen molar-refractivity contribution in [3.05, 3.63) is 47.5 Å². The molecule has 2 fully saturated rings. The van der Waals surface area contributed by atoms with E-state index in [4.69, 9.17) is 4.74 Å². The van der Waals surface area contributed by atoms with Crippen LogP contribution in [0.1, 0.15) is 41.9 Å². The molecule has 1 aliphatic carbocycles. The summed E-state index contributed by atoms with van der Waals surface area (Å²) in [6.07, 6.45) is 4.41. The van der Waals surface area contributed by atoms with E-state index in [0.717, 1.165) is 31.4 Å². The van der Waals surface area contributed by atoms with Gasteiger partial charge in [-0.3, -0.25) is 4.79 Å². The number of halogens is 1. The Balaban J connectivity index is 1.63. The molecule has 2 unspecified atom stereocenters. The fourth-order valence-electron chi connectivity index (χ4n) is 3.94. The summed E-state index contributed by atoms with van der Waals surface area (Å²) in [4.78, 5) is 14.9. The number of aryl methyl sites for hydroxylation is 1. The molecule has 6 heteroatoms. The van der Waals surface area contributed by atoms with Crippen LogP contribution in [0.25, 0.3) is 5.69 Å². The SMILES string of the molecule is Cc1cc(C(=O)N2CCOC3CCCCC32)nn1-c1ccccc1F. The highest BCUT2D eigenvalue weighted by molar-refractivity contribution is 5.92. The molecule has 132 valence electrons. The lowest BCUT2D eigenvalue weighted by molar-refractivity contribution is -0.0754. The van der Waals surface area contributed by atoms with Gasteiger partial charge in [-0.25, -0.2) is 9.07 Å². The molecule has 1 aromatic heterocycles. The van der Waals surface area contributed by atoms with Crippen LogP contribution in [0.3, 0.4) is 0 Å². The van der Waals surface area contributed by atoms with Crippen molar-refractivity contribution in [1.82, 2.24) is 14.7 Å². The van der Waals surface area contributed by atoms with E-state index in [1.807, 2.05) is 11.8 Å². The van der Waals surface area contributed by atoms with Crippen LogP contribution in [0, 0.1) is 12.7 Å². The number of carbonyl (C=O) groups is 1. The molecule has 2 atom stereocenters. The molecule has 2 aliphatic rings. The van der Waals surface area contributed by atoms with Gasteiger partial charge >= 0.3 is 0 Å². The maximum Gasteiger partial charge on any atom is 0.274 e. The molecule has 0 radical (unpaired) electrons. The molecule has 1 saturated heterocycles. The van der Waals surface area contributed by atoms with Gasteiger partial charge in [-0.05, 0) is 38.0 Å². The highest BCUT2D eigenvalue weighted by Gasteiger charge is 2.37. The van der Waals surface area contributed by atoms with Crippen molar-refractivity contribution >= 4 is 5.91 Å². The number of ether oxygens (including phenoxy) is 1. The van der Waals surface area contributed by atoms with Gasteiger partial charge in [-0.1, -0.05) is 25.0 Å². The van der Waals surface area contributed by atoms with Crippen LogP contribution in [0.2, 0.25) is 0 Å². The van der Waals surface area contributed by atoms with Gasteiger partial charge in [0.1, 0.15) is 11.5 Å². The Hall–Kier alpha value is -2.21. The number of carbonyl (C=O) groups excluding carboxylic acids is 1. The van der Waals surface area contributed by atoms with Crippen molar-refractivity contribution in [2.75, 3.05) is 13.2 Å². The number of morpholine rings is 1. The normalized spacial score (nSPS) is 23.4. The van der Waals surface area contributed by atoms with E-state index < -0.39 is 0 Å². The molecule has 4 rings (SSSR count). The Morgan fingerprint density at radius 2 is 2.08 bits per heavy atom. The Bertz CT molecular complexity index is 787. The third-order valence-electron chi connectivity index (χ3n) is 5.18. The van der Waals surface area contributed by atoms with Crippen molar-refractivity contribution < 1.29 is 13.9 Å². The summed E-state index contributed by atoms with van der Waals surface area (Å²) >= 11 is 0. The fourth-order valence-corrected chi connectivity index (χ4v) is 3.94. The van der Waals surface area contributed by atoms with Crippen LogP contribution in [0.15, 0.2) is 30.3 Å². The number of amides is 1. The van der Waals surface area contributed by atoms with Crippen LogP contribution in [-0.2, 0) is 4.74 Å². The van der Waals surface area contributed by atoms with Crippen molar-refractivity contribution in [3.63, 3.8) is 0 Å². The lowest BCUT2D eigenvalue weighted by Gasteiger charge is -2.43. The average molecular weight is 343 g/mol. The Labute approximate surface area is 146 Å². The summed E-state index contributed by atoms with van der Waals surface area (Å²) in [6, 6.07) is 8.33. The maximum atomic E-state index is 14.1. The lowest BCUT2D eigenvalue weighted by atomic mass is 9.90. The van der Waals surface area contributed by atoms with Crippen LogP contribution in [0.5, 0.6) is 0 Å².